The molecule has 110 valence electrons. The van der Waals surface area contributed by atoms with E-state index in [1.54, 1.807) is 25.1 Å². The van der Waals surface area contributed by atoms with Crippen LogP contribution in [0.25, 0.3) is 0 Å². The summed E-state index contributed by atoms with van der Waals surface area (Å²) < 4.78 is 6.39. The van der Waals surface area contributed by atoms with Crippen LogP contribution in [0.3, 0.4) is 0 Å². The van der Waals surface area contributed by atoms with Crippen molar-refractivity contribution in [1.82, 2.24) is 0 Å². The number of nitrogens with one attached hydrogen (secondary N) is 1. The Morgan fingerprint density at radius 1 is 1.24 bits per heavy atom. The average Bonchev–Trinajstić information content (AvgIpc) is 2.45. The minimum Gasteiger partial charge on any atom is -0.481 e. The van der Waals surface area contributed by atoms with Crippen molar-refractivity contribution in [2.24, 2.45) is 0 Å². The molecule has 3 nitrogen and oxygen atoms in total. The smallest absolute Gasteiger partial charge is 0.265 e. The van der Waals surface area contributed by atoms with Crippen LogP contribution in [0.15, 0.2) is 46.9 Å². The third-order valence-electron chi connectivity index (χ3n) is 2.89. The van der Waals surface area contributed by atoms with Gasteiger partial charge in [-0.25, -0.2) is 0 Å². The molecule has 5 heteroatoms. The van der Waals surface area contributed by atoms with Gasteiger partial charge in [-0.05, 0) is 60.1 Å². The predicted octanol–water partition coefficient (Wildman–Crippen LogP) is 4.82. The quantitative estimate of drug-likeness (QED) is 0.840. The molecule has 0 aliphatic heterocycles. The van der Waals surface area contributed by atoms with Crippen LogP contribution in [0.2, 0.25) is 5.02 Å². The van der Waals surface area contributed by atoms with Gasteiger partial charge in [0.15, 0.2) is 6.10 Å². The fraction of sp³-hybridized carbons (Fsp3) is 0.188. The molecule has 0 aliphatic carbocycles. The summed E-state index contributed by atoms with van der Waals surface area (Å²) in [7, 11) is 0. The predicted molar refractivity (Wildman–Crippen MR) is 89.1 cm³/mol. The molecule has 0 aromatic heterocycles. The zero-order valence-corrected chi connectivity index (χ0v) is 14.0. The number of benzene rings is 2. The number of anilines is 1. The van der Waals surface area contributed by atoms with E-state index in [2.05, 4.69) is 21.2 Å². The molecule has 2 aromatic carbocycles. The maximum absolute atomic E-state index is 12.1. The summed E-state index contributed by atoms with van der Waals surface area (Å²) in [6.45, 7) is 3.70. The minimum absolute atomic E-state index is 0.228. The maximum Gasteiger partial charge on any atom is 0.265 e. The van der Waals surface area contributed by atoms with Gasteiger partial charge < -0.3 is 10.1 Å². The SMILES string of the molecule is Cc1ccc(O[C@@H](C)C(=O)Nc2ccc(Br)c(Cl)c2)cc1. The molecule has 21 heavy (non-hydrogen) atoms. The normalized spacial score (nSPS) is 11.8. The number of amides is 1. The van der Waals surface area contributed by atoms with E-state index in [1.807, 2.05) is 31.2 Å². The van der Waals surface area contributed by atoms with Gasteiger partial charge in [0.1, 0.15) is 5.75 Å². The Labute approximate surface area is 137 Å². The number of halogens is 2. The van der Waals surface area contributed by atoms with Crippen LogP contribution in [0.5, 0.6) is 5.75 Å². The van der Waals surface area contributed by atoms with E-state index < -0.39 is 6.10 Å². The van der Waals surface area contributed by atoms with E-state index in [0.29, 0.717) is 16.5 Å². The van der Waals surface area contributed by atoms with Gasteiger partial charge in [0, 0.05) is 10.2 Å². The first kappa shape index (κ1) is 15.9. The zero-order chi connectivity index (χ0) is 15.4. The highest BCUT2D eigenvalue weighted by atomic mass is 79.9. The molecule has 0 heterocycles. The molecule has 0 radical (unpaired) electrons. The van der Waals surface area contributed by atoms with Crippen molar-refractivity contribution in [3.8, 4) is 5.75 Å². The fourth-order valence-corrected chi connectivity index (χ4v) is 2.12. The van der Waals surface area contributed by atoms with Crippen molar-refractivity contribution in [2.45, 2.75) is 20.0 Å². The summed E-state index contributed by atoms with van der Waals surface area (Å²) in [4.78, 5) is 12.1. The third-order valence-corrected chi connectivity index (χ3v) is 4.12. The van der Waals surface area contributed by atoms with Crippen LogP contribution in [-0.4, -0.2) is 12.0 Å². The van der Waals surface area contributed by atoms with Crippen molar-refractivity contribution in [1.29, 1.82) is 0 Å². The van der Waals surface area contributed by atoms with Gasteiger partial charge in [0.2, 0.25) is 0 Å². The molecule has 2 aromatic rings. The van der Waals surface area contributed by atoms with Crippen LogP contribution < -0.4 is 10.1 Å². The van der Waals surface area contributed by atoms with Gasteiger partial charge in [0.05, 0.1) is 5.02 Å². The lowest BCUT2D eigenvalue weighted by molar-refractivity contribution is -0.122. The first-order valence-corrected chi connectivity index (χ1v) is 7.62. The minimum atomic E-state index is -0.602. The number of hydrogen-bond acceptors (Lipinski definition) is 2. The highest BCUT2D eigenvalue weighted by molar-refractivity contribution is 9.10. The average molecular weight is 369 g/mol. The van der Waals surface area contributed by atoms with E-state index in [9.17, 15) is 4.79 Å². The highest BCUT2D eigenvalue weighted by Gasteiger charge is 2.15. The first-order valence-electron chi connectivity index (χ1n) is 6.45. The number of carbonyl (C=O) groups excluding carboxylic acids is 1. The number of ether oxygens (including phenoxy) is 1. The molecule has 0 aliphatic rings. The summed E-state index contributed by atoms with van der Waals surface area (Å²) in [6, 6.07) is 12.8. The summed E-state index contributed by atoms with van der Waals surface area (Å²) >= 11 is 9.30. The molecule has 2 rings (SSSR count). The van der Waals surface area contributed by atoms with E-state index >= 15 is 0 Å². The Morgan fingerprint density at radius 2 is 1.90 bits per heavy atom. The lowest BCUT2D eigenvalue weighted by Crippen LogP contribution is -2.30. The van der Waals surface area contributed by atoms with Crippen molar-refractivity contribution in [2.75, 3.05) is 5.32 Å². The van der Waals surface area contributed by atoms with Crippen molar-refractivity contribution < 1.29 is 9.53 Å². The number of carbonyl (C=O) groups is 1. The summed E-state index contributed by atoms with van der Waals surface area (Å²) in [5.41, 5.74) is 1.77. The lowest BCUT2D eigenvalue weighted by atomic mass is 10.2. The lowest BCUT2D eigenvalue weighted by Gasteiger charge is -2.15. The Hall–Kier alpha value is -1.52. The van der Waals surface area contributed by atoms with Crippen LogP contribution in [-0.2, 0) is 4.79 Å². The van der Waals surface area contributed by atoms with Gasteiger partial charge in [-0.3, -0.25) is 4.79 Å². The summed E-state index contributed by atoms with van der Waals surface area (Å²) in [6.07, 6.45) is -0.602. The highest BCUT2D eigenvalue weighted by Crippen LogP contribution is 2.25. The van der Waals surface area contributed by atoms with Gasteiger partial charge in [-0.2, -0.15) is 0 Å². The van der Waals surface area contributed by atoms with E-state index in [4.69, 9.17) is 16.3 Å². The number of aryl methyl sites for hydroxylation is 1. The van der Waals surface area contributed by atoms with E-state index in [1.165, 1.54) is 0 Å². The molecule has 0 saturated heterocycles. The Morgan fingerprint density at radius 3 is 2.52 bits per heavy atom. The summed E-state index contributed by atoms with van der Waals surface area (Å²) in [5.74, 6) is 0.436. The first-order chi connectivity index (χ1) is 9.95. The van der Waals surface area contributed by atoms with E-state index in [0.717, 1.165) is 10.0 Å². The van der Waals surface area contributed by atoms with Crippen molar-refractivity contribution >= 4 is 39.1 Å². The monoisotopic (exact) mass is 367 g/mol. The van der Waals surface area contributed by atoms with Crippen molar-refractivity contribution in [3.63, 3.8) is 0 Å². The molecule has 0 bridgehead atoms. The second-order valence-electron chi connectivity index (χ2n) is 4.69. The second-order valence-corrected chi connectivity index (χ2v) is 5.95. The molecule has 0 unspecified atom stereocenters. The molecule has 1 N–H and O–H groups in total. The Kier molecular flexibility index (Phi) is 5.26. The number of hydrogen-bond donors (Lipinski definition) is 1. The molecular weight excluding hydrogens is 354 g/mol. The van der Waals surface area contributed by atoms with Gasteiger partial charge in [-0.1, -0.05) is 29.3 Å². The van der Waals surface area contributed by atoms with Gasteiger partial charge in [0.25, 0.3) is 5.91 Å². The van der Waals surface area contributed by atoms with Gasteiger partial charge >= 0.3 is 0 Å². The zero-order valence-electron chi connectivity index (χ0n) is 11.7. The molecule has 0 fully saturated rings. The van der Waals surface area contributed by atoms with Crippen LogP contribution in [0.4, 0.5) is 5.69 Å². The standard InChI is InChI=1S/C16H15BrClNO2/c1-10-3-6-13(7-4-10)21-11(2)16(20)19-12-5-8-14(17)15(18)9-12/h3-9,11H,1-2H3,(H,19,20)/t11-/m0/s1. The summed E-state index contributed by atoms with van der Waals surface area (Å²) in [5, 5.41) is 3.31. The van der Waals surface area contributed by atoms with Crippen LogP contribution in [0, 0.1) is 6.92 Å². The molecule has 0 saturated carbocycles. The maximum atomic E-state index is 12.1. The van der Waals surface area contributed by atoms with Crippen LogP contribution in [0.1, 0.15) is 12.5 Å². The molecule has 0 spiro atoms. The second kappa shape index (κ2) is 6.96. The Bertz CT molecular complexity index is 643. The third kappa shape index (κ3) is 4.48. The van der Waals surface area contributed by atoms with Crippen LogP contribution >= 0.6 is 27.5 Å². The van der Waals surface area contributed by atoms with Crippen molar-refractivity contribution in [3.05, 3.63) is 57.5 Å². The van der Waals surface area contributed by atoms with E-state index in [-0.39, 0.29) is 5.91 Å². The topological polar surface area (TPSA) is 38.3 Å². The fourth-order valence-electron chi connectivity index (χ4n) is 1.69. The molecular formula is C16H15BrClNO2. The number of rotatable bonds is 4. The van der Waals surface area contributed by atoms with Gasteiger partial charge in [-0.15, -0.1) is 0 Å². The molecule has 1 atom stereocenters. The molecule has 1 amide bonds. The Balaban J connectivity index is 1.98. The largest absolute Gasteiger partial charge is 0.481 e.